The fourth-order valence-electron chi connectivity index (χ4n) is 4.00. The Morgan fingerprint density at radius 1 is 0.935 bits per heavy atom. The fraction of sp³-hybridized carbons (Fsp3) is 0.240. The zero-order valence-electron chi connectivity index (χ0n) is 17.5. The number of carbonyl (C=O) groups is 1. The molecule has 0 unspecified atom stereocenters. The minimum Gasteiger partial charge on any atom is -0.495 e. The van der Waals surface area contributed by atoms with Crippen LogP contribution >= 0.6 is 11.6 Å². The van der Waals surface area contributed by atoms with Crippen LogP contribution in [0.5, 0.6) is 5.75 Å². The Morgan fingerprint density at radius 3 is 2.19 bits per heavy atom. The van der Waals surface area contributed by atoms with Gasteiger partial charge in [0.1, 0.15) is 11.8 Å². The first-order valence-corrected chi connectivity index (χ1v) is 10.8. The Morgan fingerprint density at radius 2 is 1.58 bits per heavy atom. The van der Waals surface area contributed by atoms with Crippen molar-refractivity contribution in [3.05, 3.63) is 89.4 Å². The molecular formula is C25H26ClN3O2. The van der Waals surface area contributed by atoms with Crippen molar-refractivity contribution in [3.63, 3.8) is 0 Å². The van der Waals surface area contributed by atoms with Gasteiger partial charge in [-0.3, -0.25) is 9.69 Å². The third-order valence-electron chi connectivity index (χ3n) is 5.58. The molecule has 0 aromatic heterocycles. The third kappa shape index (κ3) is 5.01. The first kappa shape index (κ1) is 21.2. The van der Waals surface area contributed by atoms with E-state index in [-0.39, 0.29) is 11.9 Å². The Kier molecular flexibility index (Phi) is 6.75. The summed E-state index contributed by atoms with van der Waals surface area (Å²) in [6, 6.07) is 25.2. The largest absolute Gasteiger partial charge is 0.495 e. The van der Waals surface area contributed by atoms with Gasteiger partial charge in [-0.2, -0.15) is 0 Å². The summed E-state index contributed by atoms with van der Waals surface area (Å²) in [5.41, 5.74) is 2.85. The average Bonchev–Trinajstić information content (AvgIpc) is 2.81. The quantitative estimate of drug-likeness (QED) is 0.601. The Labute approximate surface area is 188 Å². The zero-order valence-corrected chi connectivity index (χ0v) is 18.3. The summed E-state index contributed by atoms with van der Waals surface area (Å²) in [4.78, 5) is 18.0. The van der Waals surface area contributed by atoms with Gasteiger partial charge >= 0.3 is 0 Å². The van der Waals surface area contributed by atoms with Gasteiger partial charge in [-0.05, 0) is 35.9 Å². The number of ether oxygens (including phenoxy) is 1. The number of hydrogen-bond acceptors (Lipinski definition) is 4. The van der Waals surface area contributed by atoms with Crippen molar-refractivity contribution in [1.29, 1.82) is 0 Å². The van der Waals surface area contributed by atoms with E-state index in [4.69, 9.17) is 16.3 Å². The number of nitrogens with one attached hydrogen (secondary N) is 1. The molecule has 0 spiro atoms. The van der Waals surface area contributed by atoms with Crippen LogP contribution in [0.4, 0.5) is 11.4 Å². The van der Waals surface area contributed by atoms with Crippen molar-refractivity contribution in [2.24, 2.45) is 0 Å². The molecule has 5 nitrogen and oxygen atoms in total. The van der Waals surface area contributed by atoms with Crippen LogP contribution in [0.1, 0.15) is 11.6 Å². The molecule has 4 rings (SSSR count). The van der Waals surface area contributed by atoms with Gasteiger partial charge in [-0.25, -0.2) is 0 Å². The summed E-state index contributed by atoms with van der Waals surface area (Å²) in [5, 5.41) is 3.50. The normalized spacial score (nSPS) is 15.4. The van der Waals surface area contributed by atoms with E-state index in [9.17, 15) is 4.79 Å². The summed E-state index contributed by atoms with van der Waals surface area (Å²) < 4.78 is 5.21. The number of benzene rings is 3. The second kappa shape index (κ2) is 9.86. The SMILES string of the molecule is COc1ccc(NC(=O)[C@@H](c2ccccc2)N2CCN(c3ccccc3)CC2)cc1Cl. The van der Waals surface area contributed by atoms with Crippen LogP contribution in [0, 0.1) is 0 Å². The van der Waals surface area contributed by atoms with E-state index in [1.807, 2.05) is 36.4 Å². The maximum Gasteiger partial charge on any atom is 0.246 e. The molecule has 3 aromatic carbocycles. The number of rotatable bonds is 6. The van der Waals surface area contributed by atoms with Gasteiger partial charge in [-0.1, -0.05) is 60.1 Å². The lowest BCUT2D eigenvalue weighted by molar-refractivity contribution is -0.121. The van der Waals surface area contributed by atoms with Crippen LogP contribution in [-0.4, -0.2) is 44.1 Å². The van der Waals surface area contributed by atoms with Crippen LogP contribution in [0.3, 0.4) is 0 Å². The van der Waals surface area contributed by atoms with E-state index >= 15 is 0 Å². The number of nitrogens with zero attached hydrogens (tertiary/aromatic N) is 2. The zero-order chi connectivity index (χ0) is 21.6. The van der Waals surface area contributed by atoms with Crippen molar-refractivity contribution in [1.82, 2.24) is 4.90 Å². The molecule has 1 atom stereocenters. The number of methoxy groups -OCH3 is 1. The van der Waals surface area contributed by atoms with Gasteiger partial charge in [0.15, 0.2) is 0 Å². The van der Waals surface area contributed by atoms with E-state index in [0.29, 0.717) is 16.5 Å². The van der Waals surface area contributed by atoms with E-state index in [2.05, 4.69) is 39.4 Å². The predicted octanol–water partition coefficient (Wildman–Crippen LogP) is 4.85. The molecule has 1 amide bonds. The highest BCUT2D eigenvalue weighted by molar-refractivity contribution is 6.32. The summed E-state index contributed by atoms with van der Waals surface area (Å²) in [6.45, 7) is 3.33. The highest BCUT2D eigenvalue weighted by Crippen LogP contribution is 2.29. The summed E-state index contributed by atoms with van der Waals surface area (Å²) in [5.74, 6) is 0.511. The molecule has 0 bridgehead atoms. The van der Waals surface area contributed by atoms with Crippen LogP contribution in [0.2, 0.25) is 5.02 Å². The van der Waals surface area contributed by atoms with Crippen molar-refractivity contribution in [3.8, 4) is 5.75 Å². The Bertz CT molecular complexity index is 1010. The topological polar surface area (TPSA) is 44.8 Å². The molecule has 1 saturated heterocycles. The predicted molar refractivity (Wildman–Crippen MR) is 126 cm³/mol. The van der Waals surface area contributed by atoms with E-state index in [1.54, 1.807) is 25.3 Å². The maximum atomic E-state index is 13.4. The Hall–Kier alpha value is -3.02. The molecular weight excluding hydrogens is 410 g/mol. The third-order valence-corrected chi connectivity index (χ3v) is 5.88. The molecule has 1 heterocycles. The summed E-state index contributed by atoms with van der Waals surface area (Å²) in [6.07, 6.45) is 0. The first-order chi connectivity index (χ1) is 15.2. The number of amides is 1. The first-order valence-electron chi connectivity index (χ1n) is 10.4. The minimum absolute atomic E-state index is 0.0689. The van der Waals surface area contributed by atoms with Gasteiger partial charge in [0, 0.05) is 37.6 Å². The lowest BCUT2D eigenvalue weighted by atomic mass is 10.0. The van der Waals surface area contributed by atoms with Gasteiger partial charge in [0.05, 0.1) is 12.1 Å². The molecule has 1 aliphatic heterocycles. The molecule has 160 valence electrons. The lowest BCUT2D eigenvalue weighted by Crippen LogP contribution is -2.50. The number of carbonyl (C=O) groups excluding carboxylic acids is 1. The summed E-state index contributed by atoms with van der Waals surface area (Å²) >= 11 is 6.24. The monoisotopic (exact) mass is 435 g/mol. The Balaban J connectivity index is 1.51. The second-order valence-electron chi connectivity index (χ2n) is 7.51. The molecule has 1 N–H and O–H groups in total. The van der Waals surface area contributed by atoms with E-state index in [1.165, 1.54) is 5.69 Å². The molecule has 1 fully saturated rings. The highest BCUT2D eigenvalue weighted by atomic mass is 35.5. The van der Waals surface area contributed by atoms with E-state index in [0.717, 1.165) is 31.7 Å². The van der Waals surface area contributed by atoms with E-state index < -0.39 is 0 Å². The van der Waals surface area contributed by atoms with Crippen LogP contribution in [-0.2, 0) is 4.79 Å². The number of anilines is 2. The summed E-state index contributed by atoms with van der Waals surface area (Å²) in [7, 11) is 1.57. The van der Waals surface area contributed by atoms with Crippen molar-refractivity contribution >= 4 is 28.9 Å². The lowest BCUT2D eigenvalue weighted by Gasteiger charge is -2.39. The van der Waals surface area contributed by atoms with Crippen LogP contribution in [0.25, 0.3) is 0 Å². The van der Waals surface area contributed by atoms with Crippen molar-refractivity contribution in [2.75, 3.05) is 43.5 Å². The smallest absolute Gasteiger partial charge is 0.246 e. The van der Waals surface area contributed by atoms with Gasteiger partial charge in [-0.15, -0.1) is 0 Å². The maximum absolute atomic E-state index is 13.4. The molecule has 0 radical (unpaired) electrons. The highest BCUT2D eigenvalue weighted by Gasteiger charge is 2.30. The van der Waals surface area contributed by atoms with Gasteiger partial charge in [0.2, 0.25) is 5.91 Å². The van der Waals surface area contributed by atoms with Crippen LogP contribution < -0.4 is 15.0 Å². The molecule has 6 heteroatoms. The number of hydrogen-bond donors (Lipinski definition) is 1. The minimum atomic E-state index is -0.375. The fourth-order valence-corrected chi connectivity index (χ4v) is 4.25. The number of halogens is 1. The van der Waals surface area contributed by atoms with Crippen LogP contribution in [0.15, 0.2) is 78.9 Å². The molecule has 3 aromatic rings. The standard InChI is InChI=1S/C25H26ClN3O2/c1-31-23-13-12-20(18-22(23)26)27-25(30)24(19-8-4-2-5-9-19)29-16-14-28(15-17-29)21-10-6-3-7-11-21/h2-13,18,24H,14-17H2,1H3,(H,27,30)/t24-/m1/s1. The van der Waals surface area contributed by atoms with Crippen molar-refractivity contribution < 1.29 is 9.53 Å². The molecule has 1 aliphatic rings. The van der Waals surface area contributed by atoms with Gasteiger partial charge in [0.25, 0.3) is 0 Å². The second-order valence-corrected chi connectivity index (χ2v) is 7.92. The number of piperazine rings is 1. The molecule has 0 aliphatic carbocycles. The molecule has 0 saturated carbocycles. The molecule has 31 heavy (non-hydrogen) atoms. The van der Waals surface area contributed by atoms with Gasteiger partial charge < -0.3 is 15.0 Å². The number of para-hydroxylation sites is 1. The van der Waals surface area contributed by atoms with Crippen molar-refractivity contribution in [2.45, 2.75) is 6.04 Å². The average molecular weight is 436 g/mol.